The maximum Gasteiger partial charge on any atom is 0.244 e. The number of aliphatic hydroxyl groups is 1. The molecule has 0 amide bonds. The number of halogens is 1. The summed E-state index contributed by atoms with van der Waals surface area (Å²) in [6.07, 6.45) is 3.30. The van der Waals surface area contributed by atoms with Crippen molar-refractivity contribution in [2.45, 2.75) is 37.7 Å². The highest BCUT2D eigenvalue weighted by molar-refractivity contribution is 9.10. The second-order valence-electron chi connectivity index (χ2n) is 5.14. The molecule has 5 nitrogen and oxygen atoms in total. The van der Waals surface area contributed by atoms with Gasteiger partial charge in [0.2, 0.25) is 10.0 Å². The van der Waals surface area contributed by atoms with Gasteiger partial charge in [-0.1, -0.05) is 13.3 Å². The van der Waals surface area contributed by atoms with E-state index in [1.165, 1.54) is 6.07 Å². The van der Waals surface area contributed by atoms with Crippen LogP contribution in [0.25, 0.3) is 0 Å². The van der Waals surface area contributed by atoms with Crippen molar-refractivity contribution in [3.63, 3.8) is 0 Å². The van der Waals surface area contributed by atoms with Crippen LogP contribution < -0.4 is 4.72 Å². The van der Waals surface area contributed by atoms with Crippen molar-refractivity contribution in [2.24, 2.45) is 11.8 Å². The molecule has 1 saturated carbocycles. The van der Waals surface area contributed by atoms with E-state index < -0.39 is 10.0 Å². The molecular formula is C12H18BrNO4S. The molecule has 1 aromatic rings. The number of aliphatic hydroxyl groups excluding tert-OH is 1. The van der Waals surface area contributed by atoms with E-state index in [0.29, 0.717) is 18.4 Å². The van der Waals surface area contributed by atoms with E-state index in [1.54, 1.807) is 0 Å². The fraction of sp³-hybridized carbons (Fsp3) is 0.667. The van der Waals surface area contributed by atoms with Gasteiger partial charge in [0.1, 0.15) is 17.3 Å². The van der Waals surface area contributed by atoms with Gasteiger partial charge < -0.3 is 9.52 Å². The highest BCUT2D eigenvalue weighted by Gasteiger charge is 2.26. The summed E-state index contributed by atoms with van der Waals surface area (Å²) in [6.45, 7) is 2.32. The van der Waals surface area contributed by atoms with Gasteiger partial charge in [-0.3, -0.25) is 0 Å². The molecule has 0 spiro atoms. The minimum atomic E-state index is -3.59. The van der Waals surface area contributed by atoms with Crippen LogP contribution in [-0.2, 0) is 16.6 Å². The van der Waals surface area contributed by atoms with Crippen molar-refractivity contribution in [2.75, 3.05) is 6.54 Å². The van der Waals surface area contributed by atoms with E-state index in [4.69, 9.17) is 9.52 Å². The second-order valence-corrected chi connectivity index (χ2v) is 7.60. The Morgan fingerprint density at radius 2 is 2.26 bits per heavy atom. The molecular weight excluding hydrogens is 334 g/mol. The molecule has 2 atom stereocenters. The van der Waals surface area contributed by atoms with E-state index in [9.17, 15) is 8.42 Å². The van der Waals surface area contributed by atoms with Crippen molar-refractivity contribution >= 4 is 26.0 Å². The molecule has 108 valence electrons. The highest BCUT2D eigenvalue weighted by Crippen LogP contribution is 2.31. The third-order valence-corrected chi connectivity index (χ3v) is 5.80. The Balaban J connectivity index is 2.03. The van der Waals surface area contributed by atoms with Crippen LogP contribution in [0.1, 0.15) is 31.9 Å². The largest absolute Gasteiger partial charge is 0.450 e. The van der Waals surface area contributed by atoms with E-state index in [1.807, 2.05) is 0 Å². The van der Waals surface area contributed by atoms with Crippen molar-refractivity contribution in [3.8, 4) is 0 Å². The fourth-order valence-electron chi connectivity index (χ4n) is 2.47. The summed E-state index contributed by atoms with van der Waals surface area (Å²) in [4.78, 5) is 0.0441. The first-order valence-electron chi connectivity index (χ1n) is 6.31. The quantitative estimate of drug-likeness (QED) is 0.852. The molecule has 1 heterocycles. The molecule has 19 heavy (non-hydrogen) atoms. The van der Waals surface area contributed by atoms with Crippen molar-refractivity contribution in [1.29, 1.82) is 0 Å². The first-order chi connectivity index (χ1) is 8.92. The van der Waals surface area contributed by atoms with Gasteiger partial charge in [-0.25, -0.2) is 13.1 Å². The van der Waals surface area contributed by atoms with Crippen molar-refractivity contribution in [1.82, 2.24) is 4.72 Å². The Bertz CT molecular complexity index is 540. The Hall–Kier alpha value is -0.370. The lowest BCUT2D eigenvalue weighted by atomic mass is 10.1. The summed E-state index contributed by atoms with van der Waals surface area (Å²) in [5, 5.41) is 8.94. The third-order valence-electron chi connectivity index (χ3n) is 3.52. The standard InChI is InChI=1S/C12H18BrNO4S/c1-8-2-3-9(4-8)6-14-19(16,17)11-5-10(7-15)18-12(11)13/h5,8-9,14-15H,2-4,6-7H2,1H3. The third kappa shape index (κ3) is 3.59. The molecule has 0 bridgehead atoms. The normalized spacial score (nSPS) is 23.9. The van der Waals surface area contributed by atoms with Gasteiger partial charge >= 0.3 is 0 Å². The van der Waals surface area contributed by atoms with Gasteiger partial charge in [0, 0.05) is 12.6 Å². The van der Waals surface area contributed by atoms with Crippen LogP contribution in [0.15, 0.2) is 20.0 Å². The second kappa shape index (κ2) is 5.95. The number of sulfonamides is 1. The van der Waals surface area contributed by atoms with E-state index in [-0.39, 0.29) is 21.9 Å². The highest BCUT2D eigenvalue weighted by atomic mass is 79.9. The van der Waals surface area contributed by atoms with Gasteiger partial charge in [0.15, 0.2) is 4.67 Å². The van der Waals surface area contributed by atoms with Crippen LogP contribution in [0.2, 0.25) is 0 Å². The van der Waals surface area contributed by atoms with Crippen LogP contribution in [-0.4, -0.2) is 20.1 Å². The number of hydrogen-bond donors (Lipinski definition) is 2. The zero-order chi connectivity index (χ0) is 14.0. The maximum atomic E-state index is 12.1. The Labute approximate surface area is 121 Å². The van der Waals surface area contributed by atoms with Crippen LogP contribution in [0.5, 0.6) is 0 Å². The molecule has 0 saturated heterocycles. The fourth-order valence-corrected chi connectivity index (χ4v) is 4.59. The van der Waals surface area contributed by atoms with Crippen molar-refractivity contribution in [3.05, 3.63) is 16.5 Å². The van der Waals surface area contributed by atoms with Gasteiger partial charge in [-0.05, 0) is 40.6 Å². The van der Waals surface area contributed by atoms with Gasteiger partial charge in [0.25, 0.3) is 0 Å². The van der Waals surface area contributed by atoms with E-state index >= 15 is 0 Å². The summed E-state index contributed by atoms with van der Waals surface area (Å²) in [7, 11) is -3.59. The van der Waals surface area contributed by atoms with Crippen LogP contribution >= 0.6 is 15.9 Å². The predicted molar refractivity (Wildman–Crippen MR) is 74.0 cm³/mol. The van der Waals surface area contributed by atoms with Crippen LogP contribution in [0.3, 0.4) is 0 Å². The monoisotopic (exact) mass is 351 g/mol. The molecule has 2 rings (SSSR count). The summed E-state index contributed by atoms with van der Waals surface area (Å²) in [5.74, 6) is 1.31. The van der Waals surface area contributed by atoms with E-state index in [2.05, 4.69) is 27.6 Å². The van der Waals surface area contributed by atoms with Crippen LogP contribution in [0, 0.1) is 11.8 Å². The number of rotatable bonds is 5. The SMILES string of the molecule is CC1CCC(CNS(=O)(=O)c2cc(CO)oc2Br)C1. The predicted octanol–water partition coefficient (Wildman–Crippen LogP) is 2.25. The Kier molecular flexibility index (Phi) is 4.70. The first kappa shape index (κ1) is 15.0. The smallest absolute Gasteiger partial charge is 0.244 e. The zero-order valence-corrected chi connectivity index (χ0v) is 13.1. The molecule has 0 aliphatic heterocycles. The Morgan fingerprint density at radius 1 is 1.53 bits per heavy atom. The molecule has 7 heteroatoms. The van der Waals surface area contributed by atoms with Crippen LogP contribution in [0.4, 0.5) is 0 Å². The summed E-state index contributed by atoms with van der Waals surface area (Å²) >= 11 is 3.06. The van der Waals surface area contributed by atoms with E-state index in [0.717, 1.165) is 19.3 Å². The molecule has 2 unspecified atom stereocenters. The topological polar surface area (TPSA) is 79.5 Å². The minimum Gasteiger partial charge on any atom is -0.450 e. The lowest BCUT2D eigenvalue weighted by Gasteiger charge is -2.10. The molecule has 2 N–H and O–H groups in total. The Morgan fingerprint density at radius 3 is 2.79 bits per heavy atom. The maximum absolute atomic E-state index is 12.1. The van der Waals surface area contributed by atoms with Gasteiger partial charge in [0.05, 0.1) is 0 Å². The van der Waals surface area contributed by atoms with Gasteiger partial charge in [-0.15, -0.1) is 0 Å². The number of furan rings is 1. The molecule has 0 radical (unpaired) electrons. The number of nitrogens with one attached hydrogen (secondary N) is 1. The lowest BCUT2D eigenvalue weighted by molar-refractivity contribution is 0.245. The molecule has 0 aromatic carbocycles. The summed E-state index contributed by atoms with van der Waals surface area (Å²) in [5.41, 5.74) is 0. The molecule has 1 aliphatic carbocycles. The minimum absolute atomic E-state index is 0.0441. The first-order valence-corrected chi connectivity index (χ1v) is 8.58. The zero-order valence-electron chi connectivity index (χ0n) is 10.7. The summed E-state index contributed by atoms with van der Waals surface area (Å²) in [6, 6.07) is 1.34. The summed E-state index contributed by atoms with van der Waals surface area (Å²) < 4.78 is 32.1. The molecule has 1 aromatic heterocycles. The average molecular weight is 352 g/mol. The average Bonchev–Trinajstić information content (AvgIpc) is 2.93. The van der Waals surface area contributed by atoms with Gasteiger partial charge in [-0.2, -0.15) is 0 Å². The molecule has 1 aliphatic rings. The number of hydrogen-bond acceptors (Lipinski definition) is 4. The van der Waals surface area contributed by atoms with Crippen molar-refractivity contribution < 1.29 is 17.9 Å². The lowest BCUT2D eigenvalue weighted by Crippen LogP contribution is -2.28. The molecule has 1 fully saturated rings.